The van der Waals surface area contributed by atoms with Crippen molar-refractivity contribution in [3.05, 3.63) is 71.0 Å². The highest BCUT2D eigenvalue weighted by molar-refractivity contribution is 6.16. The maximum Gasteiger partial charge on any atom is 0.0468 e. The minimum Gasteiger partial charge on any atom is -0.355 e. The van der Waals surface area contributed by atoms with Gasteiger partial charge in [-0.1, -0.05) is 49.4 Å². The third kappa shape index (κ3) is 1.23. The molecule has 0 saturated carbocycles. The van der Waals surface area contributed by atoms with E-state index in [2.05, 4.69) is 66.5 Å². The summed E-state index contributed by atoms with van der Waals surface area (Å²) in [6.45, 7) is 2.43. The number of nitrogens with one attached hydrogen (secondary N) is 1. The average molecular weight is 295 g/mol. The van der Waals surface area contributed by atoms with Crippen LogP contribution in [0.5, 0.6) is 0 Å². The molecule has 0 spiro atoms. The second-order valence-electron chi connectivity index (χ2n) is 7.24. The third-order valence-corrected chi connectivity index (χ3v) is 6.05. The predicted molar refractivity (Wildman–Crippen MR) is 97.5 cm³/mol. The van der Waals surface area contributed by atoms with Gasteiger partial charge in [-0.15, -0.1) is 0 Å². The van der Waals surface area contributed by atoms with Crippen molar-refractivity contribution in [3.8, 4) is 0 Å². The quantitative estimate of drug-likeness (QED) is 0.545. The van der Waals surface area contributed by atoms with E-state index in [0.717, 1.165) is 12.8 Å². The second-order valence-corrected chi connectivity index (χ2v) is 7.24. The van der Waals surface area contributed by atoms with Gasteiger partial charge in [-0.25, -0.2) is 0 Å². The van der Waals surface area contributed by atoms with Gasteiger partial charge in [0, 0.05) is 22.0 Å². The average Bonchev–Trinajstić information content (AvgIpc) is 3.17. The second kappa shape index (κ2) is 3.68. The molecule has 1 N–H and O–H groups in total. The summed E-state index contributed by atoms with van der Waals surface area (Å²) in [4.78, 5) is 3.67. The highest BCUT2D eigenvalue weighted by Crippen LogP contribution is 2.54. The van der Waals surface area contributed by atoms with E-state index < -0.39 is 0 Å². The van der Waals surface area contributed by atoms with Gasteiger partial charge >= 0.3 is 0 Å². The lowest BCUT2D eigenvalue weighted by Gasteiger charge is -2.33. The minimum absolute atomic E-state index is 0.0813. The molecule has 2 aromatic carbocycles. The maximum atomic E-state index is 3.67. The smallest absolute Gasteiger partial charge is 0.0468 e. The molecule has 1 heteroatoms. The molecule has 1 aromatic heterocycles. The first-order chi connectivity index (χ1) is 11.3. The molecule has 1 nitrogen and oxygen atoms in total. The normalized spacial score (nSPS) is 24.0. The number of H-pyrrole nitrogens is 1. The van der Waals surface area contributed by atoms with Gasteiger partial charge in [0.05, 0.1) is 0 Å². The van der Waals surface area contributed by atoms with Crippen LogP contribution in [0, 0.1) is 0 Å². The Morgan fingerprint density at radius 3 is 2.91 bits per heavy atom. The van der Waals surface area contributed by atoms with Crippen LogP contribution in [0.3, 0.4) is 0 Å². The van der Waals surface area contributed by atoms with Crippen molar-refractivity contribution in [2.24, 2.45) is 0 Å². The van der Waals surface area contributed by atoms with Gasteiger partial charge in [0.15, 0.2) is 0 Å². The lowest BCUT2D eigenvalue weighted by Crippen LogP contribution is -2.25. The van der Waals surface area contributed by atoms with Crippen molar-refractivity contribution in [1.82, 2.24) is 4.98 Å². The molecule has 1 atom stereocenters. The van der Waals surface area contributed by atoms with Gasteiger partial charge in [-0.3, -0.25) is 0 Å². The van der Waals surface area contributed by atoms with Crippen LogP contribution in [-0.2, 0) is 5.41 Å². The number of hydrogen-bond donors (Lipinski definition) is 1. The van der Waals surface area contributed by atoms with E-state index in [1.807, 2.05) is 0 Å². The predicted octanol–water partition coefficient (Wildman–Crippen LogP) is 5.72. The summed E-state index contributed by atoms with van der Waals surface area (Å²) in [7, 11) is 0. The molecule has 0 aliphatic heterocycles. The van der Waals surface area contributed by atoms with Crippen LogP contribution >= 0.6 is 0 Å². The maximum absolute atomic E-state index is 3.67. The van der Waals surface area contributed by atoms with E-state index in [-0.39, 0.29) is 5.41 Å². The van der Waals surface area contributed by atoms with Crippen LogP contribution in [0.25, 0.3) is 33.3 Å². The zero-order valence-corrected chi connectivity index (χ0v) is 13.1. The first kappa shape index (κ1) is 12.0. The van der Waals surface area contributed by atoms with Gasteiger partial charge in [0.1, 0.15) is 0 Å². The van der Waals surface area contributed by atoms with E-state index in [1.54, 1.807) is 0 Å². The first-order valence-electron chi connectivity index (χ1n) is 8.42. The summed E-state index contributed by atoms with van der Waals surface area (Å²) in [6.07, 6.45) is 11.5. The summed E-state index contributed by atoms with van der Waals surface area (Å²) in [5.74, 6) is 0. The van der Waals surface area contributed by atoms with Crippen molar-refractivity contribution < 1.29 is 0 Å². The number of allylic oxidation sites excluding steroid dienone is 5. The summed E-state index contributed by atoms with van der Waals surface area (Å²) < 4.78 is 0. The van der Waals surface area contributed by atoms with Crippen molar-refractivity contribution in [1.29, 1.82) is 0 Å². The number of aromatic amines is 1. The van der Waals surface area contributed by atoms with Crippen molar-refractivity contribution >= 4 is 33.3 Å². The Bertz CT molecular complexity index is 1120. The Hall–Kier alpha value is -2.54. The van der Waals surface area contributed by atoms with Crippen LogP contribution in [0.1, 0.15) is 36.6 Å². The van der Waals surface area contributed by atoms with Crippen molar-refractivity contribution in [2.75, 3.05) is 0 Å². The van der Waals surface area contributed by atoms with E-state index in [4.69, 9.17) is 0 Å². The molecule has 0 saturated heterocycles. The van der Waals surface area contributed by atoms with E-state index >= 15 is 0 Å². The van der Waals surface area contributed by atoms with Crippen LogP contribution in [-0.4, -0.2) is 4.98 Å². The monoisotopic (exact) mass is 295 g/mol. The number of fused-ring (bicyclic) bond motifs is 2. The van der Waals surface area contributed by atoms with E-state index in [1.165, 1.54) is 49.6 Å². The summed E-state index contributed by atoms with van der Waals surface area (Å²) in [5, 5.41) is 4.25. The third-order valence-electron chi connectivity index (χ3n) is 6.05. The number of hydrogen-bond acceptors (Lipinski definition) is 0. The van der Waals surface area contributed by atoms with Crippen LogP contribution in [0.2, 0.25) is 0 Å². The fourth-order valence-corrected chi connectivity index (χ4v) is 5.07. The zero-order valence-electron chi connectivity index (χ0n) is 13.1. The van der Waals surface area contributed by atoms with Gasteiger partial charge in [0.2, 0.25) is 0 Å². The van der Waals surface area contributed by atoms with Crippen LogP contribution in [0.15, 0.2) is 54.1 Å². The fourth-order valence-electron chi connectivity index (χ4n) is 5.07. The molecule has 0 fully saturated rings. The highest BCUT2D eigenvalue weighted by atomic mass is 14.7. The molecule has 6 rings (SSSR count). The molecule has 0 radical (unpaired) electrons. The topological polar surface area (TPSA) is 15.8 Å². The lowest BCUT2D eigenvalue weighted by molar-refractivity contribution is 0.581. The Morgan fingerprint density at radius 2 is 1.96 bits per heavy atom. The van der Waals surface area contributed by atoms with Crippen LogP contribution < -0.4 is 0 Å². The fraction of sp³-hybridized carbons (Fsp3) is 0.182. The molecule has 0 bridgehead atoms. The molecule has 3 aliphatic rings. The first-order valence-corrected chi connectivity index (χ1v) is 8.42. The van der Waals surface area contributed by atoms with E-state index in [0.29, 0.717) is 0 Å². The van der Waals surface area contributed by atoms with E-state index in [9.17, 15) is 0 Å². The zero-order chi connectivity index (χ0) is 15.2. The number of benzene rings is 2. The minimum atomic E-state index is 0.0813. The molecule has 3 aromatic rings. The molecule has 0 amide bonds. The molecule has 1 unspecified atom stereocenters. The van der Waals surface area contributed by atoms with Crippen molar-refractivity contribution in [3.63, 3.8) is 0 Å². The van der Waals surface area contributed by atoms with Gasteiger partial charge < -0.3 is 4.98 Å². The molecular weight excluding hydrogens is 278 g/mol. The van der Waals surface area contributed by atoms with Crippen molar-refractivity contribution in [2.45, 2.75) is 25.2 Å². The number of aromatic nitrogens is 1. The largest absolute Gasteiger partial charge is 0.355 e. The standard InChI is InChI=1S/C22H17N/c1-22-12-4-9-18-21(22)20-17(23-18)11-10-13-5-2-7-15(19(13)20)14-6-3-8-16(14)22/h2-5,7-11,23H,6,12H2,1H3. The molecule has 1 heterocycles. The molecule has 110 valence electrons. The lowest BCUT2D eigenvalue weighted by atomic mass is 9.70. The Morgan fingerprint density at radius 1 is 1.00 bits per heavy atom. The Balaban J connectivity index is 1.98. The molecule has 3 aliphatic carbocycles. The number of rotatable bonds is 0. The SMILES string of the molecule is CC12CC=Cc3[nH]c4ccc5cccc(c5c4c31)C1=C2C=CC1. The molecule has 23 heavy (non-hydrogen) atoms. The van der Waals surface area contributed by atoms with Gasteiger partial charge in [-0.2, -0.15) is 0 Å². The van der Waals surface area contributed by atoms with Gasteiger partial charge in [0.25, 0.3) is 0 Å². The molecular formula is C22H17N. The summed E-state index contributed by atoms with van der Waals surface area (Å²) >= 11 is 0. The Labute approximate surface area is 135 Å². The van der Waals surface area contributed by atoms with Crippen LogP contribution in [0.4, 0.5) is 0 Å². The Kier molecular flexibility index (Phi) is 1.91. The van der Waals surface area contributed by atoms with Gasteiger partial charge in [-0.05, 0) is 58.0 Å². The summed E-state index contributed by atoms with van der Waals surface area (Å²) in [6, 6.07) is 11.3. The highest BCUT2D eigenvalue weighted by Gasteiger charge is 2.40. The summed E-state index contributed by atoms with van der Waals surface area (Å²) in [5.41, 5.74) is 8.65.